The molecule has 2 unspecified atom stereocenters. The number of carboxylic acids is 1. The van der Waals surface area contributed by atoms with Gasteiger partial charge in [-0.1, -0.05) is 30.5 Å². The van der Waals surface area contributed by atoms with Crippen LogP contribution < -0.4 is 4.90 Å². The number of carboxylic acid groups (broad SMARTS) is 1. The van der Waals surface area contributed by atoms with Crippen LogP contribution >= 0.6 is 0 Å². The first-order valence-corrected chi connectivity index (χ1v) is 7.76. The van der Waals surface area contributed by atoms with Gasteiger partial charge in [-0.3, -0.25) is 4.79 Å². The second-order valence-corrected chi connectivity index (χ2v) is 6.23. The number of aliphatic carboxylic acids is 1. The number of carbonyl (C=O) groups is 1. The van der Waals surface area contributed by atoms with E-state index in [9.17, 15) is 9.90 Å². The third kappa shape index (κ3) is 2.41. The van der Waals surface area contributed by atoms with E-state index in [1.165, 1.54) is 16.8 Å². The molecule has 0 aromatic heterocycles. The Balaban J connectivity index is 1.92. The predicted molar refractivity (Wildman–Crippen MR) is 80.2 cm³/mol. The summed E-state index contributed by atoms with van der Waals surface area (Å²) in [4.78, 5) is 13.9. The average molecular weight is 273 g/mol. The zero-order chi connectivity index (χ0) is 14.1. The number of rotatable bonds is 2. The van der Waals surface area contributed by atoms with Gasteiger partial charge in [0.15, 0.2) is 0 Å². The normalized spacial score (nSPS) is 26.1. The van der Waals surface area contributed by atoms with Crippen molar-refractivity contribution >= 4 is 11.7 Å². The van der Waals surface area contributed by atoms with Gasteiger partial charge in [-0.05, 0) is 44.2 Å². The third-order valence-electron chi connectivity index (χ3n) is 4.84. The monoisotopic (exact) mass is 273 g/mol. The van der Waals surface area contributed by atoms with Crippen molar-refractivity contribution in [3.63, 3.8) is 0 Å². The lowest BCUT2D eigenvalue weighted by Crippen LogP contribution is -2.47. The molecule has 3 heteroatoms. The lowest BCUT2D eigenvalue weighted by molar-refractivity contribution is -0.143. The van der Waals surface area contributed by atoms with Crippen LogP contribution in [-0.2, 0) is 11.2 Å². The maximum Gasteiger partial charge on any atom is 0.308 e. The number of nitrogens with zero attached hydrogens (tertiary/aromatic N) is 1. The Bertz CT molecular complexity index is 512. The summed E-state index contributed by atoms with van der Waals surface area (Å²) in [6.07, 6.45) is 6.33. The molecule has 1 aromatic carbocycles. The summed E-state index contributed by atoms with van der Waals surface area (Å²) in [6, 6.07) is 6.79. The minimum absolute atomic E-state index is 0.183. The lowest BCUT2D eigenvalue weighted by Gasteiger charge is -2.42. The van der Waals surface area contributed by atoms with Gasteiger partial charge in [0.25, 0.3) is 0 Å². The van der Waals surface area contributed by atoms with E-state index in [4.69, 9.17) is 0 Å². The Kier molecular flexibility index (Phi) is 3.68. The fourth-order valence-corrected chi connectivity index (χ4v) is 3.87. The van der Waals surface area contributed by atoms with E-state index in [0.717, 1.165) is 45.1 Å². The Morgan fingerprint density at radius 2 is 2.05 bits per heavy atom. The van der Waals surface area contributed by atoms with Crippen molar-refractivity contribution in [3.05, 3.63) is 29.3 Å². The van der Waals surface area contributed by atoms with E-state index in [1.54, 1.807) is 0 Å². The van der Waals surface area contributed by atoms with E-state index in [0.29, 0.717) is 0 Å². The highest BCUT2D eigenvalue weighted by atomic mass is 16.4. The van der Waals surface area contributed by atoms with Gasteiger partial charge in [0.1, 0.15) is 0 Å². The minimum atomic E-state index is -0.617. The molecule has 0 radical (unpaired) electrons. The van der Waals surface area contributed by atoms with Gasteiger partial charge in [0.05, 0.1) is 5.92 Å². The van der Waals surface area contributed by atoms with E-state index in [2.05, 4.69) is 30.0 Å². The second kappa shape index (κ2) is 5.47. The molecule has 3 rings (SSSR count). The fourth-order valence-electron chi connectivity index (χ4n) is 3.87. The van der Waals surface area contributed by atoms with Crippen LogP contribution in [0.15, 0.2) is 18.2 Å². The van der Waals surface area contributed by atoms with Gasteiger partial charge < -0.3 is 10.0 Å². The van der Waals surface area contributed by atoms with Crippen LogP contribution in [0.4, 0.5) is 5.69 Å². The molecule has 1 aliphatic heterocycles. The molecule has 108 valence electrons. The lowest BCUT2D eigenvalue weighted by atomic mass is 9.82. The zero-order valence-corrected chi connectivity index (χ0v) is 12.1. The zero-order valence-electron chi connectivity index (χ0n) is 12.1. The Labute approximate surface area is 120 Å². The van der Waals surface area contributed by atoms with Gasteiger partial charge in [-0.2, -0.15) is 0 Å². The number of benzene rings is 1. The quantitative estimate of drug-likeness (QED) is 0.898. The predicted octanol–water partition coefficient (Wildman–Crippen LogP) is 3.39. The molecule has 0 saturated heterocycles. The van der Waals surface area contributed by atoms with Gasteiger partial charge in [-0.25, -0.2) is 0 Å². The van der Waals surface area contributed by atoms with E-state index in [1.807, 2.05) is 0 Å². The summed E-state index contributed by atoms with van der Waals surface area (Å²) in [5.41, 5.74) is 3.97. The Hall–Kier alpha value is -1.51. The van der Waals surface area contributed by atoms with Crippen molar-refractivity contribution in [2.24, 2.45) is 5.92 Å². The second-order valence-electron chi connectivity index (χ2n) is 6.23. The summed E-state index contributed by atoms with van der Waals surface area (Å²) in [7, 11) is 0. The first kappa shape index (κ1) is 13.5. The molecule has 1 fully saturated rings. The molecule has 0 bridgehead atoms. The van der Waals surface area contributed by atoms with Crippen molar-refractivity contribution in [1.29, 1.82) is 0 Å². The first-order valence-electron chi connectivity index (χ1n) is 7.76. The van der Waals surface area contributed by atoms with E-state index >= 15 is 0 Å². The summed E-state index contributed by atoms with van der Waals surface area (Å²) >= 11 is 0. The van der Waals surface area contributed by atoms with Gasteiger partial charge in [-0.15, -0.1) is 0 Å². The third-order valence-corrected chi connectivity index (χ3v) is 4.84. The largest absolute Gasteiger partial charge is 0.481 e. The molecule has 0 amide bonds. The molecule has 1 N–H and O–H groups in total. The van der Waals surface area contributed by atoms with Crippen LogP contribution in [-0.4, -0.2) is 23.7 Å². The molecule has 1 aliphatic carbocycles. The summed E-state index contributed by atoms with van der Waals surface area (Å²) in [5, 5.41) is 9.50. The Morgan fingerprint density at radius 3 is 2.85 bits per heavy atom. The number of aryl methyl sites for hydroxylation is 2. The van der Waals surface area contributed by atoms with Crippen LogP contribution in [0.3, 0.4) is 0 Å². The van der Waals surface area contributed by atoms with Gasteiger partial charge >= 0.3 is 5.97 Å². The number of hydrogen-bond acceptors (Lipinski definition) is 2. The fraction of sp³-hybridized carbons (Fsp3) is 0.588. The summed E-state index contributed by atoms with van der Waals surface area (Å²) < 4.78 is 0. The van der Waals surface area contributed by atoms with Crippen LogP contribution in [0.2, 0.25) is 0 Å². The van der Waals surface area contributed by atoms with Crippen molar-refractivity contribution < 1.29 is 9.90 Å². The molecule has 3 nitrogen and oxygen atoms in total. The van der Waals surface area contributed by atoms with E-state index < -0.39 is 5.97 Å². The van der Waals surface area contributed by atoms with Gasteiger partial charge in [0.2, 0.25) is 0 Å². The smallest absolute Gasteiger partial charge is 0.308 e. The number of anilines is 1. The highest BCUT2D eigenvalue weighted by Gasteiger charge is 2.36. The molecule has 2 atom stereocenters. The maximum atomic E-state index is 11.5. The molecular formula is C17H23NO2. The Morgan fingerprint density at radius 1 is 1.25 bits per heavy atom. The summed E-state index contributed by atoms with van der Waals surface area (Å²) in [5.74, 6) is -0.815. The topological polar surface area (TPSA) is 40.5 Å². The van der Waals surface area contributed by atoms with Crippen LogP contribution in [0.1, 0.15) is 43.2 Å². The van der Waals surface area contributed by atoms with Crippen LogP contribution in [0.25, 0.3) is 0 Å². The number of hydrogen-bond donors (Lipinski definition) is 1. The average Bonchev–Trinajstić information content (AvgIpc) is 2.46. The van der Waals surface area contributed by atoms with Crippen molar-refractivity contribution in [3.8, 4) is 0 Å². The highest BCUT2D eigenvalue weighted by Crippen LogP contribution is 2.36. The molecule has 20 heavy (non-hydrogen) atoms. The van der Waals surface area contributed by atoms with Crippen molar-refractivity contribution in [1.82, 2.24) is 0 Å². The molecule has 2 aliphatic rings. The van der Waals surface area contributed by atoms with Crippen LogP contribution in [0.5, 0.6) is 0 Å². The SMILES string of the molecule is Cc1ccc2c(c1)CCCN2C1CCCCC1C(=O)O. The minimum Gasteiger partial charge on any atom is -0.481 e. The first-order chi connectivity index (χ1) is 9.66. The molecule has 1 aromatic rings. The highest BCUT2D eigenvalue weighted by molar-refractivity contribution is 5.72. The van der Waals surface area contributed by atoms with E-state index in [-0.39, 0.29) is 12.0 Å². The standard InChI is InChI=1S/C17H23NO2/c1-12-8-9-15-13(11-12)5-4-10-18(15)16-7-3-2-6-14(16)17(19)20/h8-9,11,14,16H,2-7,10H2,1H3,(H,19,20). The molecule has 1 heterocycles. The van der Waals surface area contributed by atoms with Gasteiger partial charge in [0, 0.05) is 18.3 Å². The molecular weight excluding hydrogens is 250 g/mol. The van der Waals surface area contributed by atoms with Crippen molar-refractivity contribution in [2.45, 2.75) is 51.5 Å². The molecule has 0 spiro atoms. The molecule has 1 saturated carbocycles. The summed E-state index contributed by atoms with van der Waals surface area (Å²) in [6.45, 7) is 3.13. The van der Waals surface area contributed by atoms with Crippen LogP contribution in [0, 0.1) is 12.8 Å². The van der Waals surface area contributed by atoms with Crippen molar-refractivity contribution in [2.75, 3.05) is 11.4 Å². The number of fused-ring (bicyclic) bond motifs is 1. The maximum absolute atomic E-state index is 11.5.